The molecule has 0 unspecified atom stereocenters. The Morgan fingerprint density at radius 1 is 1.05 bits per heavy atom. The fraction of sp³-hybridized carbons (Fsp3) is 0.0588. The maximum absolute atomic E-state index is 11.9. The van der Waals surface area contributed by atoms with Gasteiger partial charge in [0.2, 0.25) is 0 Å². The summed E-state index contributed by atoms with van der Waals surface area (Å²) in [6.45, 7) is 1.95. The van der Waals surface area contributed by atoms with Gasteiger partial charge in [-0.15, -0.1) is 0 Å². The summed E-state index contributed by atoms with van der Waals surface area (Å²) < 4.78 is 2.00. The molecule has 22 heavy (non-hydrogen) atoms. The Labute approximate surface area is 128 Å². The number of aromatic nitrogens is 2. The number of pyridine rings is 1. The van der Waals surface area contributed by atoms with E-state index in [1.54, 1.807) is 6.20 Å². The molecular weight excluding hydrogens is 276 g/mol. The molecule has 2 heterocycles. The van der Waals surface area contributed by atoms with E-state index in [0.29, 0.717) is 5.82 Å². The lowest BCUT2D eigenvalue weighted by Crippen LogP contribution is -2.20. The summed E-state index contributed by atoms with van der Waals surface area (Å²) in [5.41, 5.74) is 2.80. The zero-order valence-corrected chi connectivity index (χ0v) is 12.2. The SMILES string of the molecule is Cc1ccnc(NC(=O)Nc2ccc(-n3cccc3)cc2)c1. The van der Waals surface area contributed by atoms with Gasteiger partial charge in [0.25, 0.3) is 0 Å². The molecule has 0 saturated heterocycles. The molecule has 5 heteroatoms. The summed E-state index contributed by atoms with van der Waals surface area (Å²) in [5, 5.41) is 5.49. The highest BCUT2D eigenvalue weighted by atomic mass is 16.2. The molecule has 0 aliphatic carbocycles. The first-order valence-electron chi connectivity index (χ1n) is 6.95. The lowest BCUT2D eigenvalue weighted by molar-refractivity contribution is 0.262. The fourth-order valence-electron chi connectivity index (χ4n) is 2.11. The van der Waals surface area contributed by atoms with E-state index in [-0.39, 0.29) is 6.03 Å². The van der Waals surface area contributed by atoms with Crippen molar-refractivity contribution in [1.82, 2.24) is 9.55 Å². The van der Waals surface area contributed by atoms with E-state index in [2.05, 4.69) is 15.6 Å². The Morgan fingerprint density at radius 3 is 2.45 bits per heavy atom. The van der Waals surface area contributed by atoms with Crippen LogP contribution in [0.25, 0.3) is 5.69 Å². The summed E-state index contributed by atoms with van der Waals surface area (Å²) in [7, 11) is 0. The molecule has 0 saturated carbocycles. The summed E-state index contributed by atoms with van der Waals surface area (Å²) >= 11 is 0. The number of benzene rings is 1. The van der Waals surface area contributed by atoms with Crippen LogP contribution >= 0.6 is 0 Å². The highest BCUT2D eigenvalue weighted by Gasteiger charge is 2.04. The first kappa shape index (κ1) is 13.9. The average molecular weight is 292 g/mol. The van der Waals surface area contributed by atoms with Crippen molar-refractivity contribution in [3.05, 3.63) is 72.7 Å². The van der Waals surface area contributed by atoms with Gasteiger partial charge in [-0.05, 0) is 61.0 Å². The van der Waals surface area contributed by atoms with Crippen molar-refractivity contribution in [1.29, 1.82) is 0 Å². The maximum Gasteiger partial charge on any atom is 0.324 e. The molecule has 3 aromatic rings. The summed E-state index contributed by atoms with van der Waals surface area (Å²) in [4.78, 5) is 16.0. The Morgan fingerprint density at radius 2 is 1.77 bits per heavy atom. The van der Waals surface area contributed by atoms with Crippen LogP contribution in [-0.2, 0) is 0 Å². The molecule has 2 aromatic heterocycles. The van der Waals surface area contributed by atoms with Crippen LogP contribution in [0.3, 0.4) is 0 Å². The summed E-state index contributed by atoms with van der Waals surface area (Å²) in [5.74, 6) is 0.529. The van der Waals surface area contributed by atoms with Gasteiger partial charge in [0, 0.05) is 30.0 Å². The fourth-order valence-corrected chi connectivity index (χ4v) is 2.11. The van der Waals surface area contributed by atoms with Gasteiger partial charge in [0.05, 0.1) is 0 Å². The Bertz CT molecular complexity index is 764. The summed E-state index contributed by atoms with van der Waals surface area (Å²) in [6, 6.07) is 14.9. The zero-order chi connectivity index (χ0) is 15.4. The maximum atomic E-state index is 11.9. The van der Waals surface area contributed by atoms with Crippen LogP contribution in [0.4, 0.5) is 16.3 Å². The van der Waals surface area contributed by atoms with Crippen LogP contribution < -0.4 is 10.6 Å². The molecule has 0 atom stereocenters. The minimum absolute atomic E-state index is 0.313. The van der Waals surface area contributed by atoms with E-state index < -0.39 is 0 Å². The highest BCUT2D eigenvalue weighted by Crippen LogP contribution is 2.14. The van der Waals surface area contributed by atoms with Crippen LogP contribution in [0, 0.1) is 6.92 Å². The van der Waals surface area contributed by atoms with Crippen LogP contribution in [0.5, 0.6) is 0 Å². The minimum Gasteiger partial charge on any atom is -0.324 e. The van der Waals surface area contributed by atoms with E-state index in [9.17, 15) is 4.79 Å². The van der Waals surface area contributed by atoms with Crippen molar-refractivity contribution in [3.63, 3.8) is 0 Å². The predicted octanol–water partition coefficient (Wildman–Crippen LogP) is 3.82. The zero-order valence-electron chi connectivity index (χ0n) is 12.2. The van der Waals surface area contributed by atoms with Crippen molar-refractivity contribution in [2.45, 2.75) is 6.92 Å². The number of hydrogen-bond acceptors (Lipinski definition) is 2. The first-order chi connectivity index (χ1) is 10.7. The molecule has 0 aliphatic rings. The molecule has 5 nitrogen and oxygen atoms in total. The number of nitrogens with one attached hydrogen (secondary N) is 2. The van der Waals surface area contributed by atoms with E-state index in [1.165, 1.54) is 0 Å². The number of urea groups is 1. The number of aryl methyl sites for hydroxylation is 1. The van der Waals surface area contributed by atoms with Crippen molar-refractivity contribution in [2.24, 2.45) is 0 Å². The highest BCUT2D eigenvalue weighted by molar-refractivity contribution is 5.99. The quantitative estimate of drug-likeness (QED) is 0.771. The van der Waals surface area contributed by atoms with Crippen molar-refractivity contribution in [3.8, 4) is 5.69 Å². The Kier molecular flexibility index (Phi) is 3.87. The smallest absolute Gasteiger partial charge is 0.324 e. The second-order valence-corrected chi connectivity index (χ2v) is 4.93. The second-order valence-electron chi connectivity index (χ2n) is 4.93. The third-order valence-corrected chi connectivity index (χ3v) is 3.18. The van der Waals surface area contributed by atoms with Gasteiger partial charge < -0.3 is 9.88 Å². The van der Waals surface area contributed by atoms with Crippen molar-refractivity contribution in [2.75, 3.05) is 10.6 Å². The van der Waals surface area contributed by atoms with Gasteiger partial charge in [-0.2, -0.15) is 0 Å². The van der Waals surface area contributed by atoms with E-state index >= 15 is 0 Å². The monoisotopic (exact) mass is 292 g/mol. The van der Waals surface area contributed by atoms with Crippen LogP contribution in [0.15, 0.2) is 67.1 Å². The van der Waals surface area contributed by atoms with Crippen LogP contribution in [0.2, 0.25) is 0 Å². The molecular formula is C17H16N4O. The van der Waals surface area contributed by atoms with Gasteiger partial charge in [-0.25, -0.2) is 9.78 Å². The van der Waals surface area contributed by atoms with Gasteiger partial charge in [-0.3, -0.25) is 5.32 Å². The van der Waals surface area contributed by atoms with E-state index in [1.807, 2.05) is 72.4 Å². The molecule has 0 fully saturated rings. The number of carbonyl (C=O) groups excluding carboxylic acids is 1. The molecule has 2 N–H and O–H groups in total. The van der Waals surface area contributed by atoms with E-state index in [0.717, 1.165) is 16.9 Å². The van der Waals surface area contributed by atoms with Crippen LogP contribution in [-0.4, -0.2) is 15.6 Å². The number of rotatable bonds is 3. The van der Waals surface area contributed by atoms with Crippen molar-refractivity contribution >= 4 is 17.5 Å². The Balaban J connectivity index is 1.64. The molecule has 0 radical (unpaired) electrons. The number of nitrogens with zero attached hydrogens (tertiary/aromatic N) is 2. The molecule has 0 aliphatic heterocycles. The van der Waals surface area contributed by atoms with Gasteiger partial charge >= 0.3 is 6.03 Å². The number of carbonyl (C=O) groups is 1. The number of amides is 2. The largest absolute Gasteiger partial charge is 0.324 e. The summed E-state index contributed by atoms with van der Waals surface area (Å²) in [6.07, 6.45) is 5.61. The van der Waals surface area contributed by atoms with Gasteiger partial charge in [0.15, 0.2) is 0 Å². The van der Waals surface area contributed by atoms with Gasteiger partial charge in [-0.1, -0.05) is 0 Å². The lowest BCUT2D eigenvalue weighted by Gasteiger charge is -2.08. The third-order valence-electron chi connectivity index (χ3n) is 3.18. The molecule has 3 rings (SSSR count). The van der Waals surface area contributed by atoms with Gasteiger partial charge in [0.1, 0.15) is 5.82 Å². The molecule has 1 aromatic carbocycles. The topological polar surface area (TPSA) is 59.0 Å². The molecule has 0 spiro atoms. The number of hydrogen-bond donors (Lipinski definition) is 2. The predicted molar refractivity (Wildman–Crippen MR) is 87.4 cm³/mol. The standard InChI is InChI=1S/C17H16N4O/c1-13-8-9-18-16(12-13)20-17(22)19-14-4-6-15(7-5-14)21-10-2-3-11-21/h2-12H,1H3,(H2,18,19,20,22). The molecule has 2 amide bonds. The molecule has 0 bridgehead atoms. The first-order valence-corrected chi connectivity index (χ1v) is 6.95. The lowest BCUT2D eigenvalue weighted by atomic mass is 10.3. The second kappa shape index (κ2) is 6.13. The normalized spacial score (nSPS) is 10.2. The average Bonchev–Trinajstić information content (AvgIpc) is 3.02. The van der Waals surface area contributed by atoms with Crippen LogP contribution in [0.1, 0.15) is 5.56 Å². The minimum atomic E-state index is -0.313. The van der Waals surface area contributed by atoms with E-state index in [4.69, 9.17) is 0 Å². The Hall–Kier alpha value is -3.08. The third kappa shape index (κ3) is 3.32. The molecule has 110 valence electrons. The van der Waals surface area contributed by atoms with Crippen molar-refractivity contribution < 1.29 is 4.79 Å². The number of anilines is 2.